The molecular formula is C12H16O4S. The van der Waals surface area contributed by atoms with Crippen LogP contribution in [0.15, 0.2) is 24.3 Å². The van der Waals surface area contributed by atoms with Gasteiger partial charge in [0.1, 0.15) is 11.9 Å². The molecule has 5 heteroatoms. The van der Waals surface area contributed by atoms with Crippen molar-refractivity contribution >= 4 is 9.84 Å². The third-order valence-electron chi connectivity index (χ3n) is 2.84. The second kappa shape index (κ2) is 5.06. The van der Waals surface area contributed by atoms with E-state index in [9.17, 15) is 8.42 Å². The van der Waals surface area contributed by atoms with Crippen molar-refractivity contribution in [2.45, 2.75) is 18.9 Å². The van der Waals surface area contributed by atoms with E-state index in [2.05, 4.69) is 0 Å². The fourth-order valence-corrected chi connectivity index (χ4v) is 3.57. The Labute approximate surface area is 101 Å². The molecule has 94 valence electrons. The van der Waals surface area contributed by atoms with Gasteiger partial charge in [-0.15, -0.1) is 0 Å². The molecule has 1 aromatic carbocycles. The Kier molecular flexibility index (Phi) is 3.69. The molecule has 1 N–H and O–H groups in total. The molecule has 0 radical (unpaired) electrons. The van der Waals surface area contributed by atoms with Crippen LogP contribution in [0.3, 0.4) is 0 Å². The van der Waals surface area contributed by atoms with Crippen molar-refractivity contribution in [2.24, 2.45) is 0 Å². The summed E-state index contributed by atoms with van der Waals surface area (Å²) in [5.41, 5.74) is 0.916. The van der Waals surface area contributed by atoms with Crippen molar-refractivity contribution in [3.63, 3.8) is 0 Å². The van der Waals surface area contributed by atoms with Gasteiger partial charge in [-0.2, -0.15) is 0 Å². The molecule has 1 unspecified atom stereocenters. The van der Waals surface area contributed by atoms with Crippen molar-refractivity contribution in [2.75, 3.05) is 18.1 Å². The lowest BCUT2D eigenvalue weighted by molar-refractivity contribution is 0.224. The van der Waals surface area contributed by atoms with Crippen LogP contribution in [-0.4, -0.2) is 37.7 Å². The van der Waals surface area contributed by atoms with Gasteiger partial charge in [0.15, 0.2) is 9.84 Å². The van der Waals surface area contributed by atoms with E-state index in [1.54, 1.807) is 0 Å². The predicted molar refractivity (Wildman–Crippen MR) is 64.9 cm³/mol. The number of para-hydroxylation sites is 1. The summed E-state index contributed by atoms with van der Waals surface area (Å²) in [5, 5.41) is 8.94. The summed E-state index contributed by atoms with van der Waals surface area (Å²) in [6.07, 6.45) is 0.825. The van der Waals surface area contributed by atoms with Crippen molar-refractivity contribution in [1.29, 1.82) is 0 Å². The maximum atomic E-state index is 11.3. The quantitative estimate of drug-likeness (QED) is 0.865. The Morgan fingerprint density at radius 1 is 1.35 bits per heavy atom. The second-order valence-corrected chi connectivity index (χ2v) is 6.45. The van der Waals surface area contributed by atoms with E-state index < -0.39 is 9.84 Å². The normalized spacial score (nSPS) is 22.5. The van der Waals surface area contributed by atoms with Crippen LogP contribution in [0.2, 0.25) is 0 Å². The number of rotatable bonds is 4. The Bertz CT molecular complexity index is 481. The summed E-state index contributed by atoms with van der Waals surface area (Å²) in [4.78, 5) is 0. The zero-order valence-corrected chi connectivity index (χ0v) is 10.3. The first-order valence-electron chi connectivity index (χ1n) is 5.66. The summed E-state index contributed by atoms with van der Waals surface area (Å²) in [5.74, 6) is 0.990. The molecule has 0 aliphatic carbocycles. The van der Waals surface area contributed by atoms with E-state index >= 15 is 0 Å². The lowest BCUT2D eigenvalue weighted by Crippen LogP contribution is -2.18. The van der Waals surface area contributed by atoms with Gasteiger partial charge in [0.25, 0.3) is 0 Å². The van der Waals surface area contributed by atoms with Gasteiger partial charge in [-0.25, -0.2) is 8.42 Å². The summed E-state index contributed by atoms with van der Waals surface area (Å²) in [7, 11) is -2.92. The SMILES string of the molecule is O=S1(=O)CCC(Oc2ccccc2CCO)C1. The number of sulfone groups is 1. The summed E-state index contributed by atoms with van der Waals surface area (Å²) < 4.78 is 28.3. The van der Waals surface area contributed by atoms with Crippen LogP contribution in [0.4, 0.5) is 0 Å². The zero-order valence-electron chi connectivity index (χ0n) is 9.50. The molecule has 0 saturated carbocycles. The first-order valence-corrected chi connectivity index (χ1v) is 7.49. The monoisotopic (exact) mass is 256 g/mol. The fraction of sp³-hybridized carbons (Fsp3) is 0.500. The highest BCUT2D eigenvalue weighted by Crippen LogP contribution is 2.23. The molecule has 4 nitrogen and oxygen atoms in total. The maximum absolute atomic E-state index is 11.3. The number of benzene rings is 1. The van der Waals surface area contributed by atoms with Crippen LogP contribution >= 0.6 is 0 Å². The molecule has 1 fully saturated rings. The smallest absolute Gasteiger partial charge is 0.154 e. The van der Waals surface area contributed by atoms with Gasteiger partial charge in [-0.05, 0) is 24.5 Å². The summed E-state index contributed by atoms with van der Waals surface area (Å²) in [6, 6.07) is 7.42. The maximum Gasteiger partial charge on any atom is 0.154 e. The average molecular weight is 256 g/mol. The Morgan fingerprint density at radius 3 is 2.76 bits per heavy atom. The molecule has 1 atom stereocenters. The summed E-state index contributed by atoms with van der Waals surface area (Å²) >= 11 is 0. The Morgan fingerprint density at radius 2 is 2.12 bits per heavy atom. The Hall–Kier alpha value is -1.07. The number of aliphatic hydroxyl groups excluding tert-OH is 1. The van der Waals surface area contributed by atoms with Gasteiger partial charge in [0.2, 0.25) is 0 Å². The predicted octanol–water partition coefficient (Wildman–Crippen LogP) is 0.787. The minimum atomic E-state index is -2.92. The second-order valence-electron chi connectivity index (χ2n) is 4.22. The van der Waals surface area contributed by atoms with Gasteiger partial charge in [0.05, 0.1) is 11.5 Å². The minimum absolute atomic E-state index is 0.0589. The molecule has 2 rings (SSSR count). The third-order valence-corrected chi connectivity index (χ3v) is 4.58. The number of hydrogen-bond acceptors (Lipinski definition) is 4. The lowest BCUT2D eigenvalue weighted by atomic mass is 10.1. The van der Waals surface area contributed by atoms with Crippen LogP contribution < -0.4 is 4.74 Å². The Balaban J connectivity index is 2.08. The first kappa shape index (κ1) is 12.4. The molecule has 0 spiro atoms. The standard InChI is InChI=1S/C12H16O4S/c13-7-5-10-3-1-2-4-12(10)16-11-6-8-17(14,15)9-11/h1-4,11,13H,5-9H2. The van der Waals surface area contributed by atoms with E-state index in [1.807, 2.05) is 24.3 Å². The fourth-order valence-electron chi connectivity index (χ4n) is 1.98. The van der Waals surface area contributed by atoms with Crippen LogP contribution in [0.25, 0.3) is 0 Å². The highest BCUT2D eigenvalue weighted by molar-refractivity contribution is 7.91. The van der Waals surface area contributed by atoms with E-state index in [4.69, 9.17) is 9.84 Å². The first-order chi connectivity index (χ1) is 8.11. The number of ether oxygens (including phenoxy) is 1. The zero-order chi connectivity index (χ0) is 12.3. The van der Waals surface area contributed by atoms with E-state index in [1.165, 1.54) is 0 Å². The van der Waals surface area contributed by atoms with Crippen LogP contribution in [0, 0.1) is 0 Å². The van der Waals surface area contributed by atoms with Gasteiger partial charge in [-0.3, -0.25) is 0 Å². The lowest BCUT2D eigenvalue weighted by Gasteiger charge is -2.15. The van der Waals surface area contributed by atoms with Gasteiger partial charge in [0, 0.05) is 6.61 Å². The van der Waals surface area contributed by atoms with E-state index in [0.717, 1.165) is 5.56 Å². The van der Waals surface area contributed by atoms with Crippen molar-refractivity contribution in [3.05, 3.63) is 29.8 Å². The van der Waals surface area contributed by atoms with Gasteiger partial charge >= 0.3 is 0 Å². The molecule has 0 aromatic heterocycles. The van der Waals surface area contributed by atoms with Crippen LogP contribution in [0.5, 0.6) is 5.75 Å². The van der Waals surface area contributed by atoms with E-state index in [0.29, 0.717) is 18.6 Å². The average Bonchev–Trinajstić information content (AvgIpc) is 2.61. The van der Waals surface area contributed by atoms with E-state index in [-0.39, 0.29) is 24.2 Å². The number of hydrogen-bond donors (Lipinski definition) is 1. The van der Waals surface area contributed by atoms with Crippen molar-refractivity contribution in [3.8, 4) is 5.75 Å². The van der Waals surface area contributed by atoms with Crippen molar-refractivity contribution in [1.82, 2.24) is 0 Å². The molecule has 1 aliphatic heterocycles. The molecule has 1 aromatic rings. The highest BCUT2D eigenvalue weighted by atomic mass is 32.2. The molecule has 1 saturated heterocycles. The molecule has 1 heterocycles. The van der Waals surface area contributed by atoms with Gasteiger partial charge < -0.3 is 9.84 Å². The van der Waals surface area contributed by atoms with Crippen LogP contribution in [0.1, 0.15) is 12.0 Å². The van der Waals surface area contributed by atoms with Crippen LogP contribution in [-0.2, 0) is 16.3 Å². The topological polar surface area (TPSA) is 63.6 Å². The minimum Gasteiger partial charge on any atom is -0.489 e. The molecule has 17 heavy (non-hydrogen) atoms. The molecule has 1 aliphatic rings. The highest BCUT2D eigenvalue weighted by Gasteiger charge is 2.29. The molecular weight excluding hydrogens is 240 g/mol. The molecule has 0 bridgehead atoms. The summed E-state index contributed by atoms with van der Waals surface area (Å²) in [6.45, 7) is 0.0589. The number of aliphatic hydroxyl groups is 1. The third kappa shape index (κ3) is 3.20. The largest absolute Gasteiger partial charge is 0.489 e. The van der Waals surface area contributed by atoms with Gasteiger partial charge in [-0.1, -0.05) is 18.2 Å². The van der Waals surface area contributed by atoms with Crippen molar-refractivity contribution < 1.29 is 18.3 Å². The molecule has 0 amide bonds.